The Morgan fingerprint density at radius 2 is 2.10 bits per heavy atom. The summed E-state index contributed by atoms with van der Waals surface area (Å²) in [6, 6.07) is 0.268. The first kappa shape index (κ1) is 15.6. The van der Waals surface area contributed by atoms with Crippen LogP contribution in [0.5, 0.6) is 0 Å². The van der Waals surface area contributed by atoms with Crippen molar-refractivity contribution in [2.75, 3.05) is 19.6 Å². The molecule has 2 N–H and O–H groups in total. The van der Waals surface area contributed by atoms with Crippen molar-refractivity contribution >= 4 is 6.09 Å². The van der Waals surface area contributed by atoms with Crippen LogP contribution in [-0.2, 0) is 4.74 Å². The number of hydrogen-bond donors (Lipinski definition) is 2. The molecule has 2 rings (SSSR count). The number of hydrogen-bond acceptors (Lipinski definition) is 4. The number of rotatable bonds is 4. The number of carbonyl (C=O) groups excluding carboxylic acids is 1. The van der Waals surface area contributed by atoms with E-state index in [-0.39, 0.29) is 18.2 Å². The molecular formula is C15H28N2O3. The van der Waals surface area contributed by atoms with Gasteiger partial charge in [-0.25, -0.2) is 4.79 Å². The van der Waals surface area contributed by atoms with Crippen LogP contribution in [0.1, 0.15) is 46.5 Å². The second kappa shape index (κ2) is 6.31. The molecular weight excluding hydrogens is 256 g/mol. The summed E-state index contributed by atoms with van der Waals surface area (Å²) in [6.07, 6.45) is 3.88. The molecule has 20 heavy (non-hydrogen) atoms. The SMILES string of the molecule is CC(C)(C)OC(=O)N1CCCC(NCC(O)C2CC2)C1. The van der Waals surface area contributed by atoms with Gasteiger partial charge in [-0.1, -0.05) is 0 Å². The number of likely N-dealkylation sites (tertiary alicyclic amines) is 1. The Morgan fingerprint density at radius 3 is 2.70 bits per heavy atom. The maximum absolute atomic E-state index is 12.0. The molecule has 1 aliphatic heterocycles. The fraction of sp³-hybridized carbons (Fsp3) is 0.933. The van der Waals surface area contributed by atoms with Gasteiger partial charge in [-0.2, -0.15) is 0 Å². The van der Waals surface area contributed by atoms with Gasteiger partial charge in [-0.05, 0) is 52.4 Å². The highest BCUT2D eigenvalue weighted by Gasteiger charge is 2.31. The molecule has 1 saturated carbocycles. The summed E-state index contributed by atoms with van der Waals surface area (Å²) in [5.41, 5.74) is -0.445. The molecule has 5 nitrogen and oxygen atoms in total. The topological polar surface area (TPSA) is 61.8 Å². The molecule has 1 heterocycles. The van der Waals surface area contributed by atoms with Crippen molar-refractivity contribution in [1.29, 1.82) is 0 Å². The quantitative estimate of drug-likeness (QED) is 0.825. The molecule has 0 spiro atoms. The first-order valence-corrected chi connectivity index (χ1v) is 7.74. The summed E-state index contributed by atoms with van der Waals surface area (Å²) in [7, 11) is 0. The third-order valence-corrected chi connectivity index (χ3v) is 3.85. The molecule has 1 saturated heterocycles. The van der Waals surface area contributed by atoms with E-state index in [9.17, 15) is 9.90 Å². The van der Waals surface area contributed by atoms with Gasteiger partial charge in [0.2, 0.25) is 0 Å². The van der Waals surface area contributed by atoms with Crippen molar-refractivity contribution in [3.05, 3.63) is 0 Å². The molecule has 1 amide bonds. The zero-order valence-electron chi connectivity index (χ0n) is 12.9. The van der Waals surface area contributed by atoms with E-state index in [1.807, 2.05) is 20.8 Å². The van der Waals surface area contributed by atoms with E-state index >= 15 is 0 Å². The van der Waals surface area contributed by atoms with Crippen LogP contribution >= 0.6 is 0 Å². The molecule has 0 aromatic heterocycles. The number of ether oxygens (including phenoxy) is 1. The van der Waals surface area contributed by atoms with Gasteiger partial charge in [0.05, 0.1) is 6.10 Å². The van der Waals surface area contributed by atoms with Crippen LogP contribution in [-0.4, -0.2) is 53.5 Å². The molecule has 116 valence electrons. The molecule has 2 atom stereocenters. The van der Waals surface area contributed by atoms with E-state index in [2.05, 4.69) is 5.32 Å². The largest absolute Gasteiger partial charge is 0.444 e. The predicted molar refractivity (Wildman–Crippen MR) is 77.6 cm³/mol. The summed E-state index contributed by atoms with van der Waals surface area (Å²) < 4.78 is 5.41. The second-order valence-corrected chi connectivity index (χ2v) is 7.08. The molecule has 1 aliphatic carbocycles. The van der Waals surface area contributed by atoms with Crippen LogP contribution in [0.4, 0.5) is 4.79 Å². The highest BCUT2D eigenvalue weighted by molar-refractivity contribution is 5.68. The Balaban J connectivity index is 1.74. The summed E-state index contributed by atoms with van der Waals surface area (Å²) >= 11 is 0. The summed E-state index contributed by atoms with van der Waals surface area (Å²) in [6.45, 7) is 7.73. The van der Waals surface area contributed by atoms with Crippen LogP contribution in [0.15, 0.2) is 0 Å². The number of carbonyl (C=O) groups is 1. The number of nitrogens with one attached hydrogen (secondary N) is 1. The van der Waals surface area contributed by atoms with Gasteiger partial charge in [0.1, 0.15) is 5.60 Å². The Morgan fingerprint density at radius 1 is 1.40 bits per heavy atom. The van der Waals surface area contributed by atoms with Crippen LogP contribution in [0.3, 0.4) is 0 Å². The monoisotopic (exact) mass is 284 g/mol. The number of nitrogens with zero attached hydrogens (tertiary/aromatic N) is 1. The van der Waals surface area contributed by atoms with Crippen LogP contribution in [0.2, 0.25) is 0 Å². The van der Waals surface area contributed by atoms with Crippen molar-refractivity contribution in [2.45, 2.75) is 64.2 Å². The lowest BCUT2D eigenvalue weighted by Gasteiger charge is -2.34. The molecule has 0 aromatic rings. The number of aliphatic hydroxyl groups excluding tert-OH is 1. The van der Waals surface area contributed by atoms with E-state index in [0.717, 1.165) is 32.2 Å². The van der Waals surface area contributed by atoms with E-state index in [4.69, 9.17) is 4.74 Å². The highest BCUT2D eigenvalue weighted by atomic mass is 16.6. The van der Waals surface area contributed by atoms with E-state index in [1.54, 1.807) is 4.90 Å². The van der Waals surface area contributed by atoms with Gasteiger partial charge in [-0.15, -0.1) is 0 Å². The molecule has 2 unspecified atom stereocenters. The fourth-order valence-electron chi connectivity index (χ4n) is 2.57. The minimum atomic E-state index is -0.445. The Bertz CT molecular complexity index is 337. The van der Waals surface area contributed by atoms with Crippen LogP contribution in [0.25, 0.3) is 0 Å². The lowest BCUT2D eigenvalue weighted by atomic mass is 10.1. The van der Waals surface area contributed by atoms with Crippen molar-refractivity contribution in [2.24, 2.45) is 5.92 Å². The second-order valence-electron chi connectivity index (χ2n) is 7.08. The lowest BCUT2D eigenvalue weighted by molar-refractivity contribution is 0.0182. The average molecular weight is 284 g/mol. The average Bonchev–Trinajstić information content (AvgIpc) is 3.18. The number of amides is 1. The first-order valence-electron chi connectivity index (χ1n) is 7.74. The van der Waals surface area contributed by atoms with E-state index in [0.29, 0.717) is 19.0 Å². The maximum atomic E-state index is 12.0. The minimum absolute atomic E-state index is 0.230. The van der Waals surface area contributed by atoms with E-state index < -0.39 is 5.60 Å². The highest BCUT2D eigenvalue weighted by Crippen LogP contribution is 2.32. The van der Waals surface area contributed by atoms with Gasteiger partial charge in [0.25, 0.3) is 0 Å². The third-order valence-electron chi connectivity index (χ3n) is 3.85. The van der Waals surface area contributed by atoms with Crippen LogP contribution < -0.4 is 5.32 Å². The maximum Gasteiger partial charge on any atom is 0.410 e. The van der Waals surface area contributed by atoms with Gasteiger partial charge in [0.15, 0.2) is 0 Å². The van der Waals surface area contributed by atoms with Crippen LogP contribution in [0, 0.1) is 5.92 Å². The smallest absolute Gasteiger partial charge is 0.410 e. The molecule has 2 fully saturated rings. The van der Waals surface area contributed by atoms with Gasteiger partial charge in [0, 0.05) is 25.7 Å². The standard InChI is InChI=1S/C15H28N2O3/c1-15(2,3)20-14(19)17-8-4-5-12(10-17)16-9-13(18)11-6-7-11/h11-13,16,18H,4-10H2,1-3H3. The molecule has 0 aromatic carbocycles. The number of piperidine rings is 1. The Kier molecular flexibility index (Phi) is 4.91. The molecule has 0 bridgehead atoms. The molecule has 0 radical (unpaired) electrons. The van der Waals surface area contributed by atoms with Crippen molar-refractivity contribution < 1.29 is 14.6 Å². The summed E-state index contributed by atoms with van der Waals surface area (Å²) in [4.78, 5) is 13.8. The lowest BCUT2D eigenvalue weighted by Crippen LogP contribution is -2.50. The zero-order chi connectivity index (χ0) is 14.8. The van der Waals surface area contributed by atoms with E-state index in [1.165, 1.54) is 0 Å². The fourth-order valence-corrected chi connectivity index (χ4v) is 2.57. The molecule has 5 heteroatoms. The van der Waals surface area contributed by atoms with Gasteiger partial charge >= 0.3 is 6.09 Å². The van der Waals surface area contributed by atoms with Crippen molar-refractivity contribution in [1.82, 2.24) is 10.2 Å². The van der Waals surface area contributed by atoms with Crippen molar-refractivity contribution in [3.8, 4) is 0 Å². The zero-order valence-corrected chi connectivity index (χ0v) is 12.9. The third kappa shape index (κ3) is 4.94. The van der Waals surface area contributed by atoms with Gasteiger partial charge in [-0.3, -0.25) is 0 Å². The molecule has 2 aliphatic rings. The normalized spacial score (nSPS) is 25.4. The summed E-state index contributed by atoms with van der Waals surface area (Å²) in [5, 5.41) is 13.3. The predicted octanol–water partition coefficient (Wildman–Crippen LogP) is 1.75. The Labute approximate surface area is 121 Å². The first-order chi connectivity index (χ1) is 9.35. The van der Waals surface area contributed by atoms with Gasteiger partial charge < -0.3 is 20.1 Å². The minimum Gasteiger partial charge on any atom is -0.444 e. The Hall–Kier alpha value is -0.810. The summed E-state index contributed by atoms with van der Waals surface area (Å²) in [5.74, 6) is 0.494. The number of aliphatic hydroxyl groups is 1. The van der Waals surface area contributed by atoms with Crippen molar-refractivity contribution in [3.63, 3.8) is 0 Å².